The number of unbranched alkanes of at least 4 members (excludes halogenated alkanes) is 1. The van der Waals surface area contributed by atoms with Gasteiger partial charge >= 0.3 is 11.9 Å². The van der Waals surface area contributed by atoms with Gasteiger partial charge in [-0.3, -0.25) is 14.6 Å². The van der Waals surface area contributed by atoms with E-state index in [0.717, 1.165) is 52.9 Å². The average Bonchev–Trinajstić information content (AvgIpc) is 3.53. The number of aryl methyl sites for hydroxylation is 2. The van der Waals surface area contributed by atoms with Gasteiger partial charge in [0.1, 0.15) is 5.75 Å². The van der Waals surface area contributed by atoms with Crippen LogP contribution in [0.4, 0.5) is 0 Å². The van der Waals surface area contributed by atoms with Crippen LogP contribution in [0.2, 0.25) is 0 Å². The van der Waals surface area contributed by atoms with E-state index in [4.69, 9.17) is 19.2 Å². The summed E-state index contributed by atoms with van der Waals surface area (Å²) in [6.07, 6.45) is 3.79. The van der Waals surface area contributed by atoms with Gasteiger partial charge < -0.3 is 24.4 Å². The number of carbonyl (C=O) groups is 2. The van der Waals surface area contributed by atoms with E-state index in [1.54, 1.807) is 7.11 Å². The van der Waals surface area contributed by atoms with E-state index in [-0.39, 0.29) is 13.2 Å². The Hall–Kier alpha value is -4.07. The van der Waals surface area contributed by atoms with Gasteiger partial charge in [-0.2, -0.15) is 0 Å². The number of hydrogen-bond donors (Lipinski definition) is 2. The second kappa shape index (κ2) is 11.4. The molecule has 3 atom stereocenters. The molecule has 0 radical (unpaired) electrons. The van der Waals surface area contributed by atoms with Crippen molar-refractivity contribution in [3.8, 4) is 17.2 Å². The second-order valence-corrected chi connectivity index (χ2v) is 10.1. The highest BCUT2D eigenvalue weighted by Crippen LogP contribution is 2.54. The zero-order valence-electron chi connectivity index (χ0n) is 22.2. The van der Waals surface area contributed by atoms with Gasteiger partial charge in [0.2, 0.25) is 6.79 Å². The van der Waals surface area contributed by atoms with Crippen molar-refractivity contribution in [1.29, 1.82) is 0 Å². The summed E-state index contributed by atoms with van der Waals surface area (Å²) in [6, 6.07) is 15.3. The summed E-state index contributed by atoms with van der Waals surface area (Å²) in [5.74, 6) is -1.66. The molecule has 0 amide bonds. The van der Waals surface area contributed by atoms with Crippen LogP contribution >= 0.6 is 0 Å². The van der Waals surface area contributed by atoms with Crippen molar-refractivity contribution in [2.75, 3.05) is 13.9 Å². The van der Waals surface area contributed by atoms with Crippen molar-refractivity contribution in [3.05, 3.63) is 82.2 Å². The van der Waals surface area contributed by atoms with Crippen molar-refractivity contribution >= 4 is 11.9 Å². The first kappa shape index (κ1) is 26.5. The van der Waals surface area contributed by atoms with Gasteiger partial charge in [0.15, 0.2) is 11.5 Å². The molecule has 1 aromatic heterocycles. The molecule has 2 N–H and O–H groups in total. The number of nitrogens with zero attached hydrogens (tertiary/aromatic N) is 1. The number of aliphatic carboxylic acids is 2. The van der Waals surface area contributed by atoms with E-state index >= 15 is 0 Å². The Morgan fingerprint density at radius 3 is 2.49 bits per heavy atom. The highest BCUT2D eigenvalue weighted by atomic mass is 16.7. The lowest BCUT2D eigenvalue weighted by molar-refractivity contribution is -0.142. The minimum absolute atomic E-state index is 0.0273. The first-order chi connectivity index (χ1) is 18.9. The third-order valence-corrected chi connectivity index (χ3v) is 7.71. The summed E-state index contributed by atoms with van der Waals surface area (Å²) in [4.78, 5) is 29.4. The zero-order valence-corrected chi connectivity index (χ0v) is 22.2. The lowest BCUT2D eigenvalue weighted by atomic mass is 9.78. The molecule has 0 unspecified atom stereocenters. The van der Waals surface area contributed by atoms with E-state index in [9.17, 15) is 19.8 Å². The number of pyridine rings is 1. The minimum atomic E-state index is -0.914. The summed E-state index contributed by atoms with van der Waals surface area (Å²) in [7, 11) is 1.58. The molecule has 204 valence electrons. The molecule has 0 saturated carbocycles. The second-order valence-electron chi connectivity index (χ2n) is 10.1. The lowest BCUT2D eigenvalue weighted by Crippen LogP contribution is -2.25. The number of hydrogen-bond acceptors (Lipinski definition) is 6. The fourth-order valence-corrected chi connectivity index (χ4v) is 5.87. The van der Waals surface area contributed by atoms with Crippen molar-refractivity contribution in [2.24, 2.45) is 5.92 Å². The number of rotatable bonds is 11. The molecule has 0 bridgehead atoms. The SMILES string of the molecule is CCCCc1ccc2c(n1)[C@@H](c1ccc(OC)cc1CCCC(=O)O)[C@H](C(=O)O)[C@H]2c1ccc2c(c1)OCO2. The molecule has 0 fully saturated rings. The van der Waals surface area contributed by atoms with Gasteiger partial charge in [0.25, 0.3) is 0 Å². The van der Waals surface area contributed by atoms with E-state index in [2.05, 4.69) is 6.92 Å². The molecule has 8 nitrogen and oxygen atoms in total. The Morgan fingerprint density at radius 2 is 1.74 bits per heavy atom. The van der Waals surface area contributed by atoms with Crippen LogP contribution < -0.4 is 14.2 Å². The molecule has 8 heteroatoms. The van der Waals surface area contributed by atoms with Crippen molar-refractivity contribution in [2.45, 2.75) is 57.3 Å². The topological polar surface area (TPSA) is 115 Å². The van der Waals surface area contributed by atoms with Gasteiger partial charge in [-0.1, -0.05) is 31.5 Å². The van der Waals surface area contributed by atoms with E-state index < -0.39 is 29.7 Å². The van der Waals surface area contributed by atoms with Crippen LogP contribution in [0.3, 0.4) is 0 Å². The number of benzene rings is 2. The molecule has 2 heterocycles. The first-order valence-corrected chi connectivity index (χ1v) is 13.4. The maximum absolute atomic E-state index is 13.1. The molecule has 1 aliphatic carbocycles. The quantitative estimate of drug-likeness (QED) is 0.331. The third-order valence-electron chi connectivity index (χ3n) is 7.71. The summed E-state index contributed by atoms with van der Waals surface area (Å²) in [5, 5.41) is 19.9. The van der Waals surface area contributed by atoms with Gasteiger partial charge in [0.05, 0.1) is 18.7 Å². The van der Waals surface area contributed by atoms with Crippen LogP contribution in [-0.2, 0) is 22.4 Å². The summed E-state index contributed by atoms with van der Waals surface area (Å²) in [5.41, 5.74) is 5.15. The molecular weight excluding hydrogens is 498 g/mol. The highest BCUT2D eigenvalue weighted by Gasteiger charge is 2.48. The summed E-state index contributed by atoms with van der Waals surface area (Å²) < 4.78 is 16.6. The van der Waals surface area contributed by atoms with Gasteiger partial charge in [-0.25, -0.2) is 0 Å². The maximum atomic E-state index is 13.1. The normalized spacial score (nSPS) is 19.1. The molecule has 39 heavy (non-hydrogen) atoms. The molecule has 2 aromatic carbocycles. The number of methoxy groups -OCH3 is 1. The van der Waals surface area contributed by atoms with Crippen LogP contribution in [0.1, 0.15) is 78.1 Å². The Kier molecular flexibility index (Phi) is 7.72. The molecule has 5 rings (SSSR count). The van der Waals surface area contributed by atoms with Gasteiger partial charge in [-0.05, 0) is 78.3 Å². The summed E-state index contributed by atoms with van der Waals surface area (Å²) in [6.45, 7) is 2.27. The fourth-order valence-electron chi connectivity index (χ4n) is 5.87. The van der Waals surface area contributed by atoms with Crippen molar-refractivity contribution in [1.82, 2.24) is 4.98 Å². The monoisotopic (exact) mass is 531 g/mol. The average molecular weight is 532 g/mol. The Balaban J connectivity index is 1.66. The van der Waals surface area contributed by atoms with E-state index in [0.29, 0.717) is 30.1 Å². The van der Waals surface area contributed by atoms with Gasteiger partial charge in [0, 0.05) is 24.0 Å². The standard InChI is InChI=1S/C31H33NO7/c1-3-4-7-20-10-12-23-27(19-9-14-24-25(16-19)39-17-38-24)29(31(35)36)28(30(23)32-20)22-13-11-21(37-2)15-18(22)6-5-8-26(33)34/h9-16,27-29H,3-8,17H2,1-2H3,(H,33,34)(H,35,36)/t27-,28-,29+/m0/s1. The van der Waals surface area contributed by atoms with Crippen LogP contribution in [0, 0.1) is 5.92 Å². The minimum Gasteiger partial charge on any atom is -0.497 e. The smallest absolute Gasteiger partial charge is 0.308 e. The lowest BCUT2D eigenvalue weighted by Gasteiger charge is -2.24. The predicted octanol–water partition coefficient (Wildman–Crippen LogP) is 5.55. The molecular formula is C31H33NO7. The molecule has 3 aromatic rings. The molecule has 0 saturated heterocycles. The number of carboxylic acid groups (broad SMARTS) is 2. The van der Waals surface area contributed by atoms with Gasteiger partial charge in [-0.15, -0.1) is 0 Å². The van der Waals surface area contributed by atoms with Crippen LogP contribution in [-0.4, -0.2) is 41.0 Å². The van der Waals surface area contributed by atoms with Crippen molar-refractivity contribution < 1.29 is 34.0 Å². The molecule has 1 aliphatic heterocycles. The fraction of sp³-hybridized carbons (Fsp3) is 0.387. The maximum Gasteiger partial charge on any atom is 0.308 e. The Labute approximate surface area is 227 Å². The van der Waals surface area contributed by atoms with Crippen LogP contribution in [0.5, 0.6) is 17.2 Å². The Morgan fingerprint density at radius 1 is 0.949 bits per heavy atom. The predicted molar refractivity (Wildman–Crippen MR) is 144 cm³/mol. The molecule has 2 aliphatic rings. The van der Waals surface area contributed by atoms with E-state index in [1.165, 1.54) is 0 Å². The highest BCUT2D eigenvalue weighted by molar-refractivity contribution is 5.78. The number of fused-ring (bicyclic) bond motifs is 2. The number of aromatic nitrogens is 1. The van der Waals surface area contributed by atoms with Crippen LogP contribution in [0.25, 0.3) is 0 Å². The molecule has 0 spiro atoms. The Bertz CT molecular complexity index is 1390. The third kappa shape index (κ3) is 5.28. The largest absolute Gasteiger partial charge is 0.497 e. The summed E-state index contributed by atoms with van der Waals surface area (Å²) >= 11 is 0. The van der Waals surface area contributed by atoms with Crippen LogP contribution in [0.15, 0.2) is 48.5 Å². The number of ether oxygens (including phenoxy) is 3. The van der Waals surface area contributed by atoms with E-state index in [1.807, 2.05) is 48.5 Å². The number of carboxylic acids is 2. The van der Waals surface area contributed by atoms with Crippen molar-refractivity contribution in [3.63, 3.8) is 0 Å². The zero-order chi connectivity index (χ0) is 27.5. The first-order valence-electron chi connectivity index (χ1n) is 13.4.